The van der Waals surface area contributed by atoms with Gasteiger partial charge < -0.3 is 15.5 Å². The van der Waals surface area contributed by atoms with Gasteiger partial charge in [0.05, 0.1) is 11.3 Å². The lowest BCUT2D eigenvalue weighted by molar-refractivity contribution is -0.120. The monoisotopic (exact) mass is 511 g/mol. The van der Waals surface area contributed by atoms with E-state index in [-0.39, 0.29) is 36.4 Å². The lowest BCUT2D eigenvalue weighted by Crippen LogP contribution is -2.46. The standard InChI is InChI=1S/C28H22ClN5O3/c29-19-10-11-22-24(15-19)33-27(36)25(16-20-7-1-3-12-30-20)34(28(22)37)17-18-6-5-8-21(14-18)32-26(35)23-9-2-4-13-31-23/h1-15,25H,16-17H2,(H,32,35)(H,33,36). The van der Waals surface area contributed by atoms with Gasteiger partial charge in [0.2, 0.25) is 5.91 Å². The van der Waals surface area contributed by atoms with Crippen LogP contribution in [0.25, 0.3) is 0 Å². The summed E-state index contributed by atoms with van der Waals surface area (Å²) in [6.45, 7) is 0.138. The highest BCUT2D eigenvalue weighted by Crippen LogP contribution is 2.29. The molecule has 0 saturated heterocycles. The van der Waals surface area contributed by atoms with Gasteiger partial charge in [0, 0.05) is 41.8 Å². The Hall–Kier alpha value is -4.56. The highest BCUT2D eigenvalue weighted by Gasteiger charge is 2.36. The molecule has 2 aromatic heterocycles. The van der Waals surface area contributed by atoms with Gasteiger partial charge in [-0.15, -0.1) is 0 Å². The van der Waals surface area contributed by atoms with Gasteiger partial charge in [-0.25, -0.2) is 0 Å². The van der Waals surface area contributed by atoms with Crippen molar-refractivity contribution in [2.45, 2.75) is 19.0 Å². The van der Waals surface area contributed by atoms with Crippen LogP contribution in [0.2, 0.25) is 5.02 Å². The predicted octanol–water partition coefficient (Wildman–Crippen LogP) is 4.59. The van der Waals surface area contributed by atoms with E-state index in [9.17, 15) is 14.4 Å². The van der Waals surface area contributed by atoms with Crippen molar-refractivity contribution >= 4 is 40.7 Å². The van der Waals surface area contributed by atoms with Crippen molar-refractivity contribution < 1.29 is 14.4 Å². The number of halogens is 1. The van der Waals surface area contributed by atoms with E-state index in [2.05, 4.69) is 20.6 Å². The number of carbonyl (C=O) groups excluding carboxylic acids is 3. The van der Waals surface area contributed by atoms with Crippen LogP contribution in [0.4, 0.5) is 11.4 Å². The molecule has 5 rings (SSSR count). The van der Waals surface area contributed by atoms with Gasteiger partial charge in [-0.2, -0.15) is 0 Å². The van der Waals surface area contributed by atoms with Gasteiger partial charge in [0.1, 0.15) is 11.7 Å². The fourth-order valence-corrected chi connectivity index (χ4v) is 4.37. The second-order valence-corrected chi connectivity index (χ2v) is 8.96. The quantitative estimate of drug-likeness (QED) is 0.394. The Morgan fingerprint density at radius 2 is 1.76 bits per heavy atom. The molecule has 0 fully saturated rings. The Morgan fingerprint density at radius 3 is 2.51 bits per heavy atom. The highest BCUT2D eigenvalue weighted by atomic mass is 35.5. The second-order valence-electron chi connectivity index (χ2n) is 8.52. The summed E-state index contributed by atoms with van der Waals surface area (Å²) in [6.07, 6.45) is 3.43. The summed E-state index contributed by atoms with van der Waals surface area (Å²) >= 11 is 6.14. The van der Waals surface area contributed by atoms with Crippen LogP contribution in [0.1, 0.15) is 32.1 Å². The topological polar surface area (TPSA) is 104 Å². The first-order valence-electron chi connectivity index (χ1n) is 11.6. The summed E-state index contributed by atoms with van der Waals surface area (Å²) < 4.78 is 0. The number of hydrogen-bond donors (Lipinski definition) is 2. The lowest BCUT2D eigenvalue weighted by atomic mass is 10.1. The maximum Gasteiger partial charge on any atom is 0.274 e. The summed E-state index contributed by atoms with van der Waals surface area (Å²) in [6, 6.07) is 21.7. The van der Waals surface area contributed by atoms with Crippen LogP contribution < -0.4 is 10.6 Å². The van der Waals surface area contributed by atoms with Crippen molar-refractivity contribution in [3.63, 3.8) is 0 Å². The second kappa shape index (κ2) is 10.6. The maximum absolute atomic E-state index is 13.7. The van der Waals surface area contributed by atoms with E-state index in [1.54, 1.807) is 73.1 Å². The summed E-state index contributed by atoms with van der Waals surface area (Å²) in [5, 5.41) is 6.10. The van der Waals surface area contributed by atoms with E-state index in [0.717, 1.165) is 5.56 Å². The van der Waals surface area contributed by atoms with Gasteiger partial charge >= 0.3 is 0 Å². The molecule has 3 amide bonds. The Labute approximate surface area is 218 Å². The van der Waals surface area contributed by atoms with E-state index < -0.39 is 6.04 Å². The number of nitrogens with one attached hydrogen (secondary N) is 2. The molecular formula is C28H22ClN5O3. The zero-order valence-electron chi connectivity index (χ0n) is 19.6. The third-order valence-electron chi connectivity index (χ3n) is 5.97. The summed E-state index contributed by atoms with van der Waals surface area (Å²) in [5.41, 5.74) is 2.98. The highest BCUT2D eigenvalue weighted by molar-refractivity contribution is 6.31. The first kappa shape index (κ1) is 24.1. The molecule has 4 aromatic rings. The molecule has 3 heterocycles. The average Bonchev–Trinajstić information content (AvgIpc) is 3.00. The van der Waals surface area contributed by atoms with Crippen LogP contribution in [0.15, 0.2) is 91.3 Å². The molecule has 8 nitrogen and oxygen atoms in total. The van der Waals surface area contributed by atoms with Gasteiger partial charge in [0.15, 0.2) is 0 Å². The van der Waals surface area contributed by atoms with Crippen LogP contribution in [0, 0.1) is 0 Å². The molecule has 184 valence electrons. The Kier molecular flexibility index (Phi) is 6.91. The zero-order valence-corrected chi connectivity index (χ0v) is 20.4. The molecule has 0 spiro atoms. The normalized spacial score (nSPS) is 14.9. The van der Waals surface area contributed by atoms with Crippen molar-refractivity contribution in [2.75, 3.05) is 10.6 Å². The number of aromatic nitrogens is 2. The maximum atomic E-state index is 13.7. The molecule has 0 bridgehead atoms. The number of anilines is 2. The number of amides is 3. The summed E-state index contributed by atoms with van der Waals surface area (Å²) in [4.78, 5) is 49.6. The van der Waals surface area contributed by atoms with Gasteiger partial charge in [0.25, 0.3) is 11.8 Å². The minimum atomic E-state index is -0.819. The van der Waals surface area contributed by atoms with Crippen molar-refractivity contribution in [3.8, 4) is 0 Å². The van der Waals surface area contributed by atoms with Crippen molar-refractivity contribution in [1.29, 1.82) is 0 Å². The summed E-state index contributed by atoms with van der Waals surface area (Å²) in [5.74, 6) is -0.990. The van der Waals surface area contributed by atoms with E-state index in [1.165, 1.54) is 4.90 Å². The van der Waals surface area contributed by atoms with Crippen molar-refractivity contribution in [3.05, 3.63) is 119 Å². The molecule has 2 N–H and O–H groups in total. The average molecular weight is 512 g/mol. The van der Waals surface area contributed by atoms with E-state index >= 15 is 0 Å². The number of pyridine rings is 2. The largest absolute Gasteiger partial charge is 0.323 e. The van der Waals surface area contributed by atoms with Gasteiger partial charge in [-0.05, 0) is 60.2 Å². The molecule has 1 aliphatic heterocycles. The molecule has 0 aliphatic carbocycles. The third kappa shape index (κ3) is 5.49. The van der Waals surface area contributed by atoms with E-state index in [4.69, 9.17) is 11.6 Å². The fourth-order valence-electron chi connectivity index (χ4n) is 4.20. The number of rotatable bonds is 6. The van der Waals surface area contributed by atoms with Crippen molar-refractivity contribution in [1.82, 2.24) is 14.9 Å². The predicted molar refractivity (Wildman–Crippen MR) is 140 cm³/mol. The third-order valence-corrected chi connectivity index (χ3v) is 6.21. The molecule has 2 aromatic carbocycles. The zero-order chi connectivity index (χ0) is 25.8. The minimum Gasteiger partial charge on any atom is -0.323 e. The first-order chi connectivity index (χ1) is 18.0. The molecule has 9 heteroatoms. The molecule has 0 radical (unpaired) electrons. The van der Waals surface area contributed by atoms with Crippen LogP contribution in [0.5, 0.6) is 0 Å². The van der Waals surface area contributed by atoms with Crippen LogP contribution in [0.3, 0.4) is 0 Å². The number of carbonyl (C=O) groups is 3. The van der Waals surface area contributed by atoms with Crippen molar-refractivity contribution in [2.24, 2.45) is 0 Å². The number of hydrogen-bond acceptors (Lipinski definition) is 5. The Morgan fingerprint density at radius 1 is 0.946 bits per heavy atom. The Bertz CT molecular complexity index is 1460. The van der Waals surface area contributed by atoms with Crippen LogP contribution in [-0.4, -0.2) is 38.6 Å². The molecule has 1 unspecified atom stereocenters. The SMILES string of the molecule is O=C(Nc1cccc(CN2C(=O)c3ccc(Cl)cc3NC(=O)C2Cc2ccccn2)c1)c1ccccn1. The fraction of sp³-hybridized carbons (Fsp3) is 0.107. The van der Waals surface area contributed by atoms with E-state index in [0.29, 0.717) is 27.7 Å². The Balaban J connectivity index is 1.46. The number of fused-ring (bicyclic) bond motifs is 1. The number of nitrogens with zero attached hydrogens (tertiary/aromatic N) is 3. The smallest absolute Gasteiger partial charge is 0.274 e. The first-order valence-corrected chi connectivity index (χ1v) is 12.0. The van der Waals surface area contributed by atoms with Crippen LogP contribution >= 0.6 is 11.6 Å². The minimum absolute atomic E-state index is 0.138. The molecular weight excluding hydrogens is 490 g/mol. The molecule has 0 saturated carbocycles. The molecule has 1 aliphatic rings. The lowest BCUT2D eigenvalue weighted by Gasteiger charge is -2.29. The van der Waals surface area contributed by atoms with Gasteiger partial charge in [-0.3, -0.25) is 24.4 Å². The van der Waals surface area contributed by atoms with E-state index in [1.807, 2.05) is 18.2 Å². The number of benzene rings is 2. The molecule has 1 atom stereocenters. The summed E-state index contributed by atoms with van der Waals surface area (Å²) in [7, 11) is 0. The van der Waals surface area contributed by atoms with Crippen LogP contribution in [-0.2, 0) is 17.8 Å². The van der Waals surface area contributed by atoms with Gasteiger partial charge in [-0.1, -0.05) is 35.9 Å². The molecule has 37 heavy (non-hydrogen) atoms.